The first kappa shape index (κ1) is 10.7. The van der Waals surface area contributed by atoms with Crippen molar-refractivity contribution in [3.05, 3.63) is 46.2 Å². The molecule has 0 saturated heterocycles. The molecule has 2 aromatic rings. The Bertz CT molecular complexity index is 578. The summed E-state index contributed by atoms with van der Waals surface area (Å²) in [6.45, 7) is 3.77. The van der Waals surface area contributed by atoms with E-state index in [-0.39, 0.29) is 0 Å². The van der Waals surface area contributed by atoms with Crippen LogP contribution in [0.4, 0.5) is 0 Å². The smallest absolute Gasteiger partial charge is 0.150 e. The summed E-state index contributed by atoms with van der Waals surface area (Å²) < 4.78 is 1.59. The summed E-state index contributed by atoms with van der Waals surface area (Å²) in [6.07, 6.45) is 0. The third kappa shape index (κ3) is 1.68. The predicted octanol–water partition coefficient (Wildman–Crippen LogP) is 3.01. The minimum absolute atomic E-state index is 0.366. The Morgan fingerprint density at radius 1 is 1.38 bits per heavy atom. The van der Waals surface area contributed by atoms with Crippen LogP contribution in [0.2, 0.25) is 5.15 Å². The normalized spacial score (nSPS) is 10.1. The molecule has 0 atom stereocenters. The number of benzene rings is 1. The summed E-state index contributed by atoms with van der Waals surface area (Å²) in [5.41, 5.74) is 3.08. The van der Waals surface area contributed by atoms with Gasteiger partial charge >= 0.3 is 0 Å². The van der Waals surface area contributed by atoms with E-state index in [1.165, 1.54) is 0 Å². The highest BCUT2D eigenvalue weighted by Gasteiger charge is 2.13. The average Bonchev–Trinajstić information content (AvgIpc) is 2.54. The lowest BCUT2D eigenvalue weighted by molar-refractivity contribution is 0.862. The molecule has 0 amide bonds. The Morgan fingerprint density at radius 2 is 2.12 bits per heavy atom. The fourth-order valence-corrected chi connectivity index (χ4v) is 1.87. The standard InChI is InChI=1S/C12H10ClN3/c1-8-4-3-5-10(6-8)16-12(13)11(7-14)9(2)15-16/h3-6H,1-2H3. The van der Waals surface area contributed by atoms with Crippen LogP contribution >= 0.6 is 11.6 Å². The quantitative estimate of drug-likeness (QED) is 0.757. The van der Waals surface area contributed by atoms with Gasteiger partial charge in [0, 0.05) is 0 Å². The number of aromatic nitrogens is 2. The lowest BCUT2D eigenvalue weighted by atomic mass is 10.2. The highest BCUT2D eigenvalue weighted by atomic mass is 35.5. The zero-order valence-corrected chi connectivity index (χ0v) is 9.78. The second-order valence-electron chi connectivity index (χ2n) is 3.61. The first-order valence-electron chi connectivity index (χ1n) is 4.85. The summed E-state index contributed by atoms with van der Waals surface area (Å²) >= 11 is 6.09. The summed E-state index contributed by atoms with van der Waals surface area (Å²) in [7, 11) is 0. The van der Waals surface area contributed by atoms with E-state index in [1.54, 1.807) is 11.6 Å². The van der Waals surface area contributed by atoms with Crippen LogP contribution in [0.5, 0.6) is 0 Å². The Hall–Kier alpha value is -1.79. The van der Waals surface area contributed by atoms with E-state index in [1.807, 2.05) is 31.2 Å². The van der Waals surface area contributed by atoms with Crippen molar-refractivity contribution in [2.45, 2.75) is 13.8 Å². The number of nitriles is 1. The van der Waals surface area contributed by atoms with E-state index in [2.05, 4.69) is 11.2 Å². The van der Waals surface area contributed by atoms with Gasteiger partial charge in [0.2, 0.25) is 0 Å². The maximum Gasteiger partial charge on any atom is 0.150 e. The molecule has 0 aliphatic heterocycles. The van der Waals surface area contributed by atoms with Crippen molar-refractivity contribution in [1.29, 1.82) is 5.26 Å². The van der Waals surface area contributed by atoms with Gasteiger partial charge in [-0.25, -0.2) is 4.68 Å². The molecule has 0 bridgehead atoms. The van der Waals surface area contributed by atoms with Gasteiger partial charge < -0.3 is 0 Å². The van der Waals surface area contributed by atoms with Crippen LogP contribution in [-0.4, -0.2) is 9.78 Å². The van der Waals surface area contributed by atoms with Crippen molar-refractivity contribution >= 4 is 11.6 Å². The molecule has 0 aliphatic carbocycles. The molecule has 0 unspecified atom stereocenters. The molecule has 0 radical (unpaired) electrons. The van der Waals surface area contributed by atoms with Crippen LogP contribution in [0.3, 0.4) is 0 Å². The first-order chi connectivity index (χ1) is 7.63. The summed E-state index contributed by atoms with van der Waals surface area (Å²) in [5, 5.41) is 13.5. The summed E-state index contributed by atoms with van der Waals surface area (Å²) in [5.74, 6) is 0. The Balaban J connectivity index is 2.62. The van der Waals surface area contributed by atoms with Crippen LogP contribution < -0.4 is 0 Å². The SMILES string of the molecule is Cc1cccc(-n2nc(C)c(C#N)c2Cl)c1. The monoisotopic (exact) mass is 231 g/mol. The molecule has 4 heteroatoms. The molecule has 0 saturated carbocycles. The van der Waals surface area contributed by atoms with Crippen LogP contribution in [-0.2, 0) is 0 Å². The van der Waals surface area contributed by atoms with Crippen LogP contribution in [0, 0.1) is 25.2 Å². The van der Waals surface area contributed by atoms with Gasteiger partial charge in [0.25, 0.3) is 0 Å². The second-order valence-corrected chi connectivity index (χ2v) is 3.97. The van der Waals surface area contributed by atoms with E-state index in [4.69, 9.17) is 16.9 Å². The largest absolute Gasteiger partial charge is 0.221 e. The number of nitrogens with zero attached hydrogens (tertiary/aromatic N) is 3. The Morgan fingerprint density at radius 3 is 2.69 bits per heavy atom. The average molecular weight is 232 g/mol. The zero-order chi connectivity index (χ0) is 11.7. The fourth-order valence-electron chi connectivity index (χ4n) is 1.56. The van der Waals surface area contributed by atoms with Crippen molar-refractivity contribution in [3.63, 3.8) is 0 Å². The molecule has 0 N–H and O–H groups in total. The first-order valence-corrected chi connectivity index (χ1v) is 5.23. The van der Waals surface area contributed by atoms with Gasteiger partial charge in [-0.15, -0.1) is 0 Å². The van der Waals surface area contributed by atoms with Gasteiger partial charge in [-0.05, 0) is 31.5 Å². The van der Waals surface area contributed by atoms with Crippen LogP contribution in [0.25, 0.3) is 5.69 Å². The number of halogens is 1. The van der Waals surface area contributed by atoms with Gasteiger partial charge in [-0.3, -0.25) is 0 Å². The second kappa shape index (κ2) is 3.99. The third-order valence-electron chi connectivity index (χ3n) is 2.36. The van der Waals surface area contributed by atoms with Gasteiger partial charge in [0.15, 0.2) is 5.15 Å². The third-order valence-corrected chi connectivity index (χ3v) is 2.71. The van der Waals surface area contributed by atoms with E-state index in [0.717, 1.165) is 11.3 Å². The number of rotatable bonds is 1. The molecule has 3 nitrogen and oxygen atoms in total. The molecule has 1 heterocycles. The minimum Gasteiger partial charge on any atom is -0.221 e. The molecular weight excluding hydrogens is 222 g/mol. The Labute approximate surface area is 98.9 Å². The van der Waals surface area contributed by atoms with Crippen molar-refractivity contribution < 1.29 is 0 Å². The molecule has 80 valence electrons. The molecule has 16 heavy (non-hydrogen) atoms. The topological polar surface area (TPSA) is 41.6 Å². The lowest BCUT2D eigenvalue weighted by Gasteiger charge is -2.03. The van der Waals surface area contributed by atoms with Crippen molar-refractivity contribution in [1.82, 2.24) is 9.78 Å². The maximum atomic E-state index is 8.93. The van der Waals surface area contributed by atoms with Crippen molar-refractivity contribution in [2.75, 3.05) is 0 Å². The molecule has 1 aromatic carbocycles. The predicted molar refractivity (Wildman–Crippen MR) is 62.8 cm³/mol. The maximum absolute atomic E-state index is 8.93. The van der Waals surface area contributed by atoms with E-state index >= 15 is 0 Å². The van der Waals surface area contributed by atoms with Crippen LogP contribution in [0.15, 0.2) is 24.3 Å². The van der Waals surface area contributed by atoms with Crippen LogP contribution in [0.1, 0.15) is 16.8 Å². The Kier molecular flexibility index (Phi) is 2.67. The molecule has 2 rings (SSSR count). The number of hydrogen-bond donors (Lipinski definition) is 0. The molecule has 0 aliphatic rings. The van der Waals surface area contributed by atoms with Crippen molar-refractivity contribution in [3.8, 4) is 11.8 Å². The van der Waals surface area contributed by atoms with E-state index < -0.39 is 0 Å². The van der Waals surface area contributed by atoms with Gasteiger partial charge in [0.1, 0.15) is 11.6 Å². The molecule has 0 fully saturated rings. The number of aryl methyl sites for hydroxylation is 2. The van der Waals surface area contributed by atoms with Gasteiger partial charge in [0.05, 0.1) is 11.4 Å². The molecule has 0 spiro atoms. The molecular formula is C12H10ClN3. The highest BCUT2D eigenvalue weighted by molar-refractivity contribution is 6.31. The van der Waals surface area contributed by atoms with Gasteiger partial charge in [-0.1, -0.05) is 23.7 Å². The summed E-state index contributed by atoms with van der Waals surface area (Å²) in [4.78, 5) is 0. The van der Waals surface area contributed by atoms with E-state index in [0.29, 0.717) is 16.4 Å². The van der Waals surface area contributed by atoms with Gasteiger partial charge in [-0.2, -0.15) is 10.4 Å². The number of hydrogen-bond acceptors (Lipinski definition) is 2. The molecule has 1 aromatic heterocycles. The van der Waals surface area contributed by atoms with Crippen molar-refractivity contribution in [2.24, 2.45) is 0 Å². The summed E-state index contributed by atoms with van der Waals surface area (Å²) in [6, 6.07) is 9.87. The minimum atomic E-state index is 0.366. The fraction of sp³-hybridized carbons (Fsp3) is 0.167. The van der Waals surface area contributed by atoms with E-state index in [9.17, 15) is 0 Å². The highest BCUT2D eigenvalue weighted by Crippen LogP contribution is 2.22. The lowest BCUT2D eigenvalue weighted by Crippen LogP contribution is -1.96. The zero-order valence-electron chi connectivity index (χ0n) is 9.03.